The van der Waals surface area contributed by atoms with E-state index in [2.05, 4.69) is 187 Å². The van der Waals surface area contributed by atoms with Crippen LogP contribution in [-0.4, -0.2) is 0 Å². The summed E-state index contributed by atoms with van der Waals surface area (Å²) in [5.41, 5.74) is 20.6. The summed E-state index contributed by atoms with van der Waals surface area (Å²) in [6.07, 6.45) is 0. The van der Waals surface area contributed by atoms with Gasteiger partial charge in [-0.25, -0.2) is 0 Å². The van der Waals surface area contributed by atoms with Gasteiger partial charge in [-0.1, -0.05) is 126 Å². The van der Waals surface area contributed by atoms with Crippen LogP contribution in [0.5, 0.6) is 0 Å². The molecule has 3 heterocycles. The van der Waals surface area contributed by atoms with Crippen molar-refractivity contribution in [3.05, 3.63) is 166 Å². The number of hydrogen-bond acceptors (Lipinski definition) is 2. The van der Waals surface area contributed by atoms with Crippen molar-refractivity contribution in [2.75, 3.05) is 9.80 Å². The van der Waals surface area contributed by atoms with Gasteiger partial charge in [0.25, 0.3) is 0 Å². The maximum absolute atomic E-state index is 2.65. The first-order valence-corrected chi connectivity index (χ1v) is 17.7. The molecule has 0 N–H and O–H groups in total. The van der Waals surface area contributed by atoms with E-state index in [4.69, 9.17) is 0 Å². The van der Waals surface area contributed by atoms with Gasteiger partial charge >= 0.3 is 0 Å². The highest BCUT2D eigenvalue weighted by Crippen LogP contribution is 2.66. The largest absolute Gasteiger partial charge is 0.310 e. The molecule has 0 unspecified atom stereocenters. The average Bonchev–Trinajstić information content (AvgIpc) is 3.08. The molecule has 0 spiro atoms. The highest BCUT2D eigenvalue weighted by molar-refractivity contribution is 5.99. The fourth-order valence-electron chi connectivity index (χ4n) is 9.26. The van der Waals surface area contributed by atoms with Crippen molar-refractivity contribution in [2.45, 2.75) is 71.6 Å². The van der Waals surface area contributed by atoms with Crippen LogP contribution in [0.4, 0.5) is 34.1 Å². The molecule has 0 saturated heterocycles. The minimum absolute atomic E-state index is 0.0972. The summed E-state index contributed by atoms with van der Waals surface area (Å²) >= 11 is 0. The van der Waals surface area contributed by atoms with Crippen LogP contribution >= 0.6 is 0 Å². The van der Waals surface area contributed by atoms with Crippen LogP contribution in [0.2, 0.25) is 0 Å². The third-order valence-corrected chi connectivity index (χ3v) is 11.8. The predicted molar refractivity (Wildman–Crippen MR) is 207 cm³/mol. The normalized spacial score (nSPS) is 16.6. The Hall–Kier alpha value is -5.08. The van der Waals surface area contributed by atoms with Crippen LogP contribution in [0.25, 0.3) is 11.1 Å². The molecular formula is C47H44N2. The maximum atomic E-state index is 2.65. The Kier molecular flexibility index (Phi) is 6.11. The molecule has 242 valence electrons. The first kappa shape index (κ1) is 30.0. The molecule has 0 aliphatic carbocycles. The van der Waals surface area contributed by atoms with Crippen molar-refractivity contribution in [3.63, 3.8) is 0 Å². The monoisotopic (exact) mass is 636 g/mol. The van der Waals surface area contributed by atoms with Crippen LogP contribution in [0.1, 0.15) is 86.1 Å². The Morgan fingerprint density at radius 2 is 0.796 bits per heavy atom. The SMILES string of the molecule is Cc1cc(C)cc(N(c2ccc(-c3ccccc3)cc2)c2cc3c4c(c2)C(C)(C)c2cccc5c2N4c2c(cccc2C3(C)C)C5(C)C)c1. The highest BCUT2D eigenvalue weighted by atomic mass is 15.2. The second-order valence-corrected chi connectivity index (χ2v) is 16.1. The molecule has 0 fully saturated rings. The first-order valence-electron chi connectivity index (χ1n) is 17.7. The van der Waals surface area contributed by atoms with Gasteiger partial charge in [0.2, 0.25) is 0 Å². The lowest BCUT2D eigenvalue weighted by Crippen LogP contribution is -2.43. The van der Waals surface area contributed by atoms with E-state index in [1.165, 1.54) is 84.1 Å². The molecule has 0 bridgehead atoms. The Morgan fingerprint density at radius 1 is 0.388 bits per heavy atom. The summed E-state index contributed by atoms with van der Waals surface area (Å²) in [7, 11) is 0. The lowest BCUT2D eigenvalue weighted by molar-refractivity contribution is 0.566. The Balaban J connectivity index is 1.34. The fraction of sp³-hybridized carbons (Fsp3) is 0.234. The van der Waals surface area contributed by atoms with E-state index in [9.17, 15) is 0 Å². The molecule has 6 aromatic rings. The minimum atomic E-state index is -0.205. The molecule has 0 atom stereocenters. The van der Waals surface area contributed by atoms with Gasteiger partial charge in [-0.2, -0.15) is 0 Å². The fourth-order valence-corrected chi connectivity index (χ4v) is 9.26. The van der Waals surface area contributed by atoms with Gasteiger partial charge in [0.1, 0.15) is 0 Å². The van der Waals surface area contributed by atoms with Gasteiger partial charge in [0, 0.05) is 33.3 Å². The number of aryl methyl sites for hydroxylation is 2. The van der Waals surface area contributed by atoms with Crippen molar-refractivity contribution >= 4 is 34.1 Å². The topological polar surface area (TPSA) is 6.48 Å². The summed E-state index contributed by atoms with van der Waals surface area (Å²) in [5, 5.41) is 0. The first-order chi connectivity index (χ1) is 23.4. The highest BCUT2D eigenvalue weighted by Gasteiger charge is 2.51. The zero-order chi connectivity index (χ0) is 34.0. The standard InChI is InChI=1S/C47H44N2/c1-29-24-30(2)26-34(25-29)48(33-22-20-32(21-23-33)31-14-10-9-11-15-31)35-27-40-44-41(28-35)47(7,8)39-19-13-17-37-43(39)49(44)42-36(45(37,3)4)16-12-18-38(42)46(40,5)6/h9-28H,1-8H3. The van der Waals surface area contributed by atoms with Crippen LogP contribution in [0.3, 0.4) is 0 Å². The number of rotatable bonds is 4. The molecule has 0 saturated carbocycles. The van der Waals surface area contributed by atoms with E-state index in [1.54, 1.807) is 0 Å². The van der Waals surface area contributed by atoms with E-state index in [1.807, 2.05) is 0 Å². The van der Waals surface area contributed by atoms with Crippen molar-refractivity contribution in [1.29, 1.82) is 0 Å². The molecular weight excluding hydrogens is 593 g/mol. The lowest BCUT2D eigenvalue weighted by atomic mass is 9.61. The summed E-state index contributed by atoms with van der Waals surface area (Å²) < 4.78 is 0. The Labute approximate surface area is 291 Å². The lowest BCUT2D eigenvalue weighted by Gasteiger charge is -2.55. The van der Waals surface area contributed by atoms with Crippen LogP contribution < -0.4 is 9.80 Å². The number of nitrogens with zero attached hydrogens (tertiary/aromatic N) is 2. The van der Waals surface area contributed by atoms with Gasteiger partial charge in [-0.05, 0) is 106 Å². The molecule has 9 rings (SSSR count). The molecule has 0 aromatic heterocycles. The summed E-state index contributed by atoms with van der Waals surface area (Å²) in [4.78, 5) is 5.14. The molecule has 2 nitrogen and oxygen atoms in total. The number of anilines is 6. The van der Waals surface area contributed by atoms with Gasteiger partial charge in [-0.3, -0.25) is 0 Å². The van der Waals surface area contributed by atoms with Crippen molar-refractivity contribution in [1.82, 2.24) is 0 Å². The zero-order valence-corrected chi connectivity index (χ0v) is 29.9. The summed E-state index contributed by atoms with van der Waals surface area (Å²) in [6, 6.07) is 45.8. The van der Waals surface area contributed by atoms with E-state index in [0.29, 0.717) is 0 Å². The molecule has 0 amide bonds. The molecule has 49 heavy (non-hydrogen) atoms. The number of hydrogen-bond donors (Lipinski definition) is 0. The van der Waals surface area contributed by atoms with Gasteiger partial charge in [0.05, 0.1) is 17.1 Å². The average molecular weight is 637 g/mol. The second kappa shape index (κ2) is 9.98. The number of para-hydroxylation sites is 2. The zero-order valence-electron chi connectivity index (χ0n) is 29.9. The minimum Gasteiger partial charge on any atom is -0.310 e. The van der Waals surface area contributed by atoms with Crippen molar-refractivity contribution in [2.24, 2.45) is 0 Å². The molecule has 0 radical (unpaired) electrons. The smallest absolute Gasteiger partial charge is 0.0545 e. The Bertz CT molecular complexity index is 2210. The third-order valence-electron chi connectivity index (χ3n) is 11.8. The van der Waals surface area contributed by atoms with Crippen LogP contribution in [-0.2, 0) is 16.2 Å². The molecule has 6 aromatic carbocycles. The van der Waals surface area contributed by atoms with E-state index >= 15 is 0 Å². The van der Waals surface area contributed by atoms with Gasteiger partial charge in [-0.15, -0.1) is 0 Å². The molecule has 2 heteroatoms. The Morgan fingerprint density at radius 3 is 1.29 bits per heavy atom. The van der Waals surface area contributed by atoms with Crippen LogP contribution in [0, 0.1) is 13.8 Å². The van der Waals surface area contributed by atoms with Gasteiger partial charge < -0.3 is 9.80 Å². The van der Waals surface area contributed by atoms with Gasteiger partial charge in [0.15, 0.2) is 0 Å². The van der Waals surface area contributed by atoms with E-state index in [0.717, 1.165) is 5.69 Å². The van der Waals surface area contributed by atoms with E-state index in [-0.39, 0.29) is 16.2 Å². The number of benzene rings is 6. The third kappa shape index (κ3) is 4.07. The molecule has 3 aliphatic heterocycles. The van der Waals surface area contributed by atoms with E-state index < -0.39 is 0 Å². The quantitative estimate of drug-likeness (QED) is 0.190. The summed E-state index contributed by atoms with van der Waals surface area (Å²) in [6.45, 7) is 19.0. The molecule has 3 aliphatic rings. The summed E-state index contributed by atoms with van der Waals surface area (Å²) in [5.74, 6) is 0. The van der Waals surface area contributed by atoms with Crippen molar-refractivity contribution < 1.29 is 0 Å². The predicted octanol–water partition coefficient (Wildman–Crippen LogP) is 12.8. The van der Waals surface area contributed by atoms with Crippen LogP contribution in [0.15, 0.2) is 121 Å². The maximum Gasteiger partial charge on any atom is 0.0545 e. The second-order valence-electron chi connectivity index (χ2n) is 16.1. The van der Waals surface area contributed by atoms with Crippen molar-refractivity contribution in [3.8, 4) is 11.1 Å².